The molecular weight excluding hydrogens is 406 g/mol. The molecule has 0 saturated carbocycles. The van der Waals surface area contributed by atoms with Crippen molar-refractivity contribution in [1.82, 2.24) is 14.4 Å². The Morgan fingerprint density at radius 2 is 1.65 bits per heavy atom. The molecule has 0 unspecified atom stereocenters. The van der Waals surface area contributed by atoms with E-state index >= 15 is 0 Å². The number of amides is 3. The van der Waals surface area contributed by atoms with Gasteiger partial charge in [0.2, 0.25) is 5.78 Å². The Bertz CT molecular complexity index is 1290. The minimum Gasteiger partial charge on any atom is -0.351 e. The number of carbonyl (C=O) groups is 2. The van der Waals surface area contributed by atoms with Crippen LogP contribution in [0.5, 0.6) is 0 Å². The number of rotatable bonds is 4. The predicted octanol–water partition coefficient (Wildman–Crippen LogP) is 3.44. The minimum atomic E-state index is -0.795. The third-order valence-corrected chi connectivity index (χ3v) is 4.59. The highest BCUT2D eigenvalue weighted by atomic mass is 19.1. The summed E-state index contributed by atoms with van der Waals surface area (Å²) in [4.78, 5) is 34.6. The van der Waals surface area contributed by atoms with E-state index < -0.39 is 23.6 Å². The molecule has 10 heteroatoms. The number of hydrogen-bond donors (Lipinski definition) is 2. The van der Waals surface area contributed by atoms with Gasteiger partial charge in [0, 0.05) is 24.5 Å². The van der Waals surface area contributed by atoms with Crippen LogP contribution in [0.25, 0.3) is 17.0 Å². The first-order valence-electron chi connectivity index (χ1n) is 9.07. The van der Waals surface area contributed by atoms with E-state index in [0.717, 1.165) is 0 Å². The second-order valence-electron chi connectivity index (χ2n) is 6.66. The number of aromatic nitrogens is 3. The zero-order valence-corrected chi connectivity index (χ0v) is 16.2. The zero-order valence-electron chi connectivity index (χ0n) is 16.2. The van der Waals surface area contributed by atoms with Gasteiger partial charge in [0.05, 0.1) is 11.9 Å². The maximum atomic E-state index is 13.5. The average molecular weight is 422 g/mol. The molecule has 0 fully saturated rings. The Hall–Kier alpha value is -4.34. The molecule has 0 aliphatic rings. The molecule has 3 N–H and O–H groups in total. The van der Waals surface area contributed by atoms with Crippen LogP contribution in [0.3, 0.4) is 0 Å². The van der Waals surface area contributed by atoms with E-state index in [1.54, 1.807) is 0 Å². The van der Waals surface area contributed by atoms with Crippen molar-refractivity contribution in [2.75, 3.05) is 17.3 Å². The lowest BCUT2D eigenvalue weighted by molar-refractivity contribution is 0.0988. The lowest BCUT2D eigenvalue weighted by Gasteiger charge is -2.18. The summed E-state index contributed by atoms with van der Waals surface area (Å²) in [7, 11) is 1.53. The first-order chi connectivity index (χ1) is 14.8. The highest BCUT2D eigenvalue weighted by Crippen LogP contribution is 2.27. The van der Waals surface area contributed by atoms with Gasteiger partial charge in [0.25, 0.3) is 5.91 Å². The summed E-state index contributed by atoms with van der Waals surface area (Å²) in [5, 5.41) is 2.40. The average Bonchev–Trinajstić information content (AvgIpc) is 3.12. The van der Waals surface area contributed by atoms with Crippen molar-refractivity contribution in [3.8, 4) is 11.3 Å². The van der Waals surface area contributed by atoms with Crippen LogP contribution in [0.1, 0.15) is 10.5 Å². The summed E-state index contributed by atoms with van der Waals surface area (Å²) >= 11 is 0. The third kappa shape index (κ3) is 3.90. The number of anilines is 2. The standard InChI is InChI=1S/C21H16F2N6O2/c1-28(16-8-6-14(23)7-9-16)19(30)18-17(12-2-4-13(22)5-3-12)27-21-25-10-15(11-29(18)21)26-20(24)31/h2-11H,1H3,(H3,24,26,31). The SMILES string of the molecule is CN(C(=O)c1c(-c2ccc(F)cc2)nc2ncc(NC(N)=O)cn12)c1ccc(F)cc1. The van der Waals surface area contributed by atoms with Crippen molar-refractivity contribution >= 4 is 29.1 Å². The Morgan fingerprint density at radius 3 is 2.26 bits per heavy atom. The number of primary amides is 1. The molecular formula is C21H16F2N6O2. The summed E-state index contributed by atoms with van der Waals surface area (Å²) in [6.45, 7) is 0. The summed E-state index contributed by atoms with van der Waals surface area (Å²) in [6.07, 6.45) is 2.80. The first-order valence-corrected chi connectivity index (χ1v) is 9.07. The van der Waals surface area contributed by atoms with Crippen LogP contribution >= 0.6 is 0 Å². The minimum absolute atomic E-state index is 0.119. The number of benzene rings is 2. The van der Waals surface area contributed by atoms with E-state index in [-0.39, 0.29) is 22.9 Å². The molecule has 8 nitrogen and oxygen atoms in total. The van der Waals surface area contributed by atoms with Gasteiger partial charge < -0.3 is 16.0 Å². The largest absolute Gasteiger partial charge is 0.351 e. The fourth-order valence-corrected chi connectivity index (χ4v) is 3.09. The van der Waals surface area contributed by atoms with Gasteiger partial charge in [-0.05, 0) is 48.5 Å². The molecule has 0 aliphatic carbocycles. The fourth-order valence-electron chi connectivity index (χ4n) is 3.09. The molecule has 31 heavy (non-hydrogen) atoms. The molecule has 4 rings (SSSR count). The van der Waals surface area contributed by atoms with Gasteiger partial charge in [0.15, 0.2) is 0 Å². The molecule has 2 heterocycles. The van der Waals surface area contributed by atoms with E-state index in [1.165, 1.54) is 77.3 Å². The van der Waals surface area contributed by atoms with E-state index in [1.807, 2.05) is 0 Å². The van der Waals surface area contributed by atoms with Crippen molar-refractivity contribution in [3.05, 3.63) is 78.3 Å². The number of fused-ring (bicyclic) bond motifs is 1. The van der Waals surface area contributed by atoms with Crippen LogP contribution in [0.4, 0.5) is 25.0 Å². The number of nitrogens with one attached hydrogen (secondary N) is 1. The monoisotopic (exact) mass is 422 g/mol. The Labute approximate surface area is 175 Å². The molecule has 0 bridgehead atoms. The molecule has 0 spiro atoms. The summed E-state index contributed by atoms with van der Waals surface area (Å²) < 4.78 is 28.1. The van der Waals surface area contributed by atoms with Gasteiger partial charge in [0.1, 0.15) is 23.0 Å². The lowest BCUT2D eigenvalue weighted by atomic mass is 10.1. The number of nitrogens with zero attached hydrogens (tertiary/aromatic N) is 4. The van der Waals surface area contributed by atoms with E-state index in [4.69, 9.17) is 5.73 Å². The van der Waals surface area contributed by atoms with Crippen molar-refractivity contribution in [2.24, 2.45) is 5.73 Å². The van der Waals surface area contributed by atoms with Crippen molar-refractivity contribution in [3.63, 3.8) is 0 Å². The first kappa shape index (κ1) is 20.0. The molecule has 0 saturated heterocycles. The van der Waals surface area contributed by atoms with E-state index in [2.05, 4.69) is 15.3 Å². The van der Waals surface area contributed by atoms with Crippen LogP contribution in [0.15, 0.2) is 60.9 Å². The van der Waals surface area contributed by atoms with Gasteiger partial charge in [-0.3, -0.25) is 9.20 Å². The lowest BCUT2D eigenvalue weighted by Crippen LogP contribution is -2.28. The molecule has 0 atom stereocenters. The summed E-state index contributed by atoms with van der Waals surface area (Å²) in [5.41, 5.74) is 6.75. The molecule has 0 aliphatic heterocycles. The zero-order chi connectivity index (χ0) is 22.1. The second kappa shape index (κ2) is 7.82. The molecule has 0 radical (unpaired) electrons. The van der Waals surface area contributed by atoms with Crippen LogP contribution in [-0.2, 0) is 0 Å². The maximum Gasteiger partial charge on any atom is 0.316 e. The number of urea groups is 1. The van der Waals surface area contributed by atoms with Crippen molar-refractivity contribution in [2.45, 2.75) is 0 Å². The number of imidazole rings is 1. The van der Waals surface area contributed by atoms with E-state index in [9.17, 15) is 18.4 Å². The molecule has 2 aromatic heterocycles. The molecule has 3 amide bonds. The number of halogens is 2. The van der Waals surface area contributed by atoms with Crippen molar-refractivity contribution < 1.29 is 18.4 Å². The Kier molecular flexibility index (Phi) is 5.04. The van der Waals surface area contributed by atoms with Crippen LogP contribution in [-0.4, -0.2) is 33.4 Å². The highest BCUT2D eigenvalue weighted by molar-refractivity contribution is 6.09. The van der Waals surface area contributed by atoms with Crippen LogP contribution in [0.2, 0.25) is 0 Å². The second-order valence-corrected chi connectivity index (χ2v) is 6.66. The molecule has 2 aromatic carbocycles. The van der Waals surface area contributed by atoms with Crippen LogP contribution in [0, 0.1) is 11.6 Å². The van der Waals surface area contributed by atoms with Gasteiger partial charge >= 0.3 is 6.03 Å². The number of carbonyl (C=O) groups excluding carboxylic acids is 2. The van der Waals surface area contributed by atoms with Gasteiger partial charge in [-0.2, -0.15) is 0 Å². The smallest absolute Gasteiger partial charge is 0.316 e. The predicted molar refractivity (Wildman–Crippen MR) is 111 cm³/mol. The van der Waals surface area contributed by atoms with Gasteiger partial charge in [-0.15, -0.1) is 0 Å². The quantitative estimate of drug-likeness (QED) is 0.525. The maximum absolute atomic E-state index is 13.5. The third-order valence-electron chi connectivity index (χ3n) is 4.59. The summed E-state index contributed by atoms with van der Waals surface area (Å²) in [6, 6.07) is 10.1. The topological polar surface area (TPSA) is 106 Å². The molecule has 4 aromatic rings. The number of nitrogens with two attached hydrogens (primary N) is 1. The fraction of sp³-hybridized carbons (Fsp3) is 0.0476. The van der Waals surface area contributed by atoms with E-state index in [0.29, 0.717) is 11.3 Å². The summed E-state index contributed by atoms with van der Waals surface area (Å²) in [5.74, 6) is -1.16. The van der Waals surface area contributed by atoms with Crippen molar-refractivity contribution in [1.29, 1.82) is 0 Å². The normalized spacial score (nSPS) is 10.8. The van der Waals surface area contributed by atoms with Crippen LogP contribution < -0.4 is 16.0 Å². The van der Waals surface area contributed by atoms with Gasteiger partial charge in [-0.25, -0.2) is 23.5 Å². The highest BCUT2D eigenvalue weighted by Gasteiger charge is 2.25. The Morgan fingerprint density at radius 1 is 1.03 bits per heavy atom. The Balaban J connectivity index is 1.89. The number of hydrogen-bond acceptors (Lipinski definition) is 4. The van der Waals surface area contributed by atoms with Gasteiger partial charge in [-0.1, -0.05) is 0 Å². The molecule has 156 valence electrons.